The largest absolute Gasteiger partial charge is 0.479 e. The molecule has 68 valence electrons. The van der Waals surface area contributed by atoms with Crippen LogP contribution in [0.5, 0.6) is 0 Å². The standard InChI is InChI=1S/C10H10FNO/c1-7-12-10(6-13-7)8-2-4-9(11)5-3-8/h2-5,10H,6H2,1H3/t10-/m1/s1. The van der Waals surface area contributed by atoms with Gasteiger partial charge in [0.15, 0.2) is 5.90 Å². The summed E-state index contributed by atoms with van der Waals surface area (Å²) in [6, 6.07) is 6.41. The molecule has 0 N–H and O–H groups in total. The highest BCUT2D eigenvalue weighted by Gasteiger charge is 2.17. The monoisotopic (exact) mass is 179 g/mol. The Morgan fingerprint density at radius 3 is 2.62 bits per heavy atom. The molecule has 1 aliphatic heterocycles. The van der Waals surface area contributed by atoms with Crippen molar-refractivity contribution in [2.45, 2.75) is 13.0 Å². The number of benzene rings is 1. The molecule has 2 nitrogen and oxygen atoms in total. The minimum Gasteiger partial charge on any atom is -0.479 e. The van der Waals surface area contributed by atoms with Crippen LogP contribution in [0.3, 0.4) is 0 Å². The van der Waals surface area contributed by atoms with Gasteiger partial charge in [0, 0.05) is 6.92 Å². The van der Waals surface area contributed by atoms with Crippen molar-refractivity contribution >= 4 is 5.90 Å². The van der Waals surface area contributed by atoms with Crippen molar-refractivity contribution in [1.29, 1.82) is 0 Å². The summed E-state index contributed by atoms with van der Waals surface area (Å²) in [5.41, 5.74) is 0.998. The number of halogens is 1. The number of ether oxygens (including phenoxy) is 1. The molecule has 2 rings (SSSR count). The van der Waals surface area contributed by atoms with E-state index in [1.807, 2.05) is 6.92 Å². The molecular formula is C10H10FNO. The number of hydrogen-bond donors (Lipinski definition) is 0. The van der Waals surface area contributed by atoms with Crippen LogP contribution in [0.1, 0.15) is 18.5 Å². The maximum atomic E-state index is 12.6. The van der Waals surface area contributed by atoms with Crippen LogP contribution in [-0.4, -0.2) is 12.5 Å². The lowest BCUT2D eigenvalue weighted by Crippen LogP contribution is -1.97. The van der Waals surface area contributed by atoms with E-state index in [9.17, 15) is 4.39 Å². The van der Waals surface area contributed by atoms with E-state index in [0.29, 0.717) is 12.5 Å². The Balaban J connectivity index is 2.22. The highest BCUT2D eigenvalue weighted by Crippen LogP contribution is 2.22. The van der Waals surface area contributed by atoms with Crippen molar-refractivity contribution in [3.05, 3.63) is 35.6 Å². The van der Waals surface area contributed by atoms with Crippen molar-refractivity contribution < 1.29 is 9.13 Å². The van der Waals surface area contributed by atoms with Gasteiger partial charge in [-0.2, -0.15) is 0 Å². The van der Waals surface area contributed by atoms with E-state index in [0.717, 1.165) is 5.56 Å². The molecule has 13 heavy (non-hydrogen) atoms. The van der Waals surface area contributed by atoms with Gasteiger partial charge in [0.05, 0.1) is 0 Å². The lowest BCUT2D eigenvalue weighted by Gasteiger charge is -2.04. The van der Waals surface area contributed by atoms with E-state index in [-0.39, 0.29) is 11.9 Å². The molecule has 0 aromatic heterocycles. The quantitative estimate of drug-likeness (QED) is 0.648. The average Bonchev–Trinajstić information content (AvgIpc) is 2.53. The fraction of sp³-hybridized carbons (Fsp3) is 0.300. The normalized spacial score (nSPS) is 21.1. The molecule has 1 heterocycles. The van der Waals surface area contributed by atoms with Crippen LogP contribution in [0.4, 0.5) is 4.39 Å². The first-order valence-corrected chi connectivity index (χ1v) is 4.18. The predicted octanol–water partition coefficient (Wildman–Crippen LogP) is 2.32. The molecular weight excluding hydrogens is 169 g/mol. The zero-order valence-electron chi connectivity index (χ0n) is 7.33. The average molecular weight is 179 g/mol. The van der Waals surface area contributed by atoms with Gasteiger partial charge < -0.3 is 4.74 Å². The van der Waals surface area contributed by atoms with E-state index in [2.05, 4.69) is 4.99 Å². The minimum absolute atomic E-state index is 0.0422. The summed E-state index contributed by atoms with van der Waals surface area (Å²) in [5.74, 6) is 0.484. The van der Waals surface area contributed by atoms with Gasteiger partial charge in [0.25, 0.3) is 0 Å². The van der Waals surface area contributed by atoms with Gasteiger partial charge >= 0.3 is 0 Å². The van der Waals surface area contributed by atoms with Gasteiger partial charge in [-0.05, 0) is 17.7 Å². The van der Waals surface area contributed by atoms with Crippen LogP contribution >= 0.6 is 0 Å². The predicted molar refractivity (Wildman–Crippen MR) is 48.2 cm³/mol. The molecule has 1 atom stereocenters. The van der Waals surface area contributed by atoms with Gasteiger partial charge in [-0.25, -0.2) is 9.38 Å². The summed E-state index contributed by atoms with van der Waals surface area (Å²) >= 11 is 0. The van der Waals surface area contributed by atoms with Crippen LogP contribution in [0.15, 0.2) is 29.3 Å². The Morgan fingerprint density at radius 2 is 2.08 bits per heavy atom. The molecule has 0 amide bonds. The summed E-state index contributed by atoms with van der Waals surface area (Å²) < 4.78 is 17.8. The molecule has 0 saturated carbocycles. The SMILES string of the molecule is CC1=N[C@@H](c2ccc(F)cc2)CO1. The topological polar surface area (TPSA) is 21.6 Å². The molecule has 3 heteroatoms. The Kier molecular flexibility index (Phi) is 2.00. The summed E-state index contributed by atoms with van der Waals surface area (Å²) in [4.78, 5) is 4.26. The molecule has 0 saturated heterocycles. The lowest BCUT2D eigenvalue weighted by molar-refractivity contribution is 0.317. The van der Waals surface area contributed by atoms with Crippen LogP contribution in [0.25, 0.3) is 0 Å². The second kappa shape index (κ2) is 3.17. The minimum atomic E-state index is -0.219. The fourth-order valence-corrected chi connectivity index (χ4v) is 1.35. The molecule has 1 aliphatic rings. The van der Waals surface area contributed by atoms with Crippen LogP contribution in [0, 0.1) is 5.82 Å². The Morgan fingerprint density at radius 1 is 1.38 bits per heavy atom. The second-order valence-electron chi connectivity index (χ2n) is 3.03. The Bertz CT molecular complexity index is 331. The van der Waals surface area contributed by atoms with E-state index in [4.69, 9.17) is 4.74 Å². The summed E-state index contributed by atoms with van der Waals surface area (Å²) in [5, 5.41) is 0. The van der Waals surface area contributed by atoms with Crippen molar-refractivity contribution in [2.75, 3.05) is 6.61 Å². The highest BCUT2D eigenvalue weighted by atomic mass is 19.1. The number of nitrogens with zero attached hydrogens (tertiary/aromatic N) is 1. The highest BCUT2D eigenvalue weighted by molar-refractivity contribution is 5.74. The second-order valence-corrected chi connectivity index (χ2v) is 3.03. The summed E-state index contributed by atoms with van der Waals surface area (Å²) in [6.07, 6.45) is 0. The smallest absolute Gasteiger partial charge is 0.180 e. The molecule has 0 bridgehead atoms. The van der Waals surface area contributed by atoms with Gasteiger partial charge in [0.1, 0.15) is 18.5 Å². The van der Waals surface area contributed by atoms with Crippen LogP contribution in [0.2, 0.25) is 0 Å². The Hall–Kier alpha value is -1.38. The van der Waals surface area contributed by atoms with Crippen LogP contribution in [-0.2, 0) is 4.74 Å². The molecule has 0 fully saturated rings. The molecule has 0 unspecified atom stereocenters. The lowest BCUT2D eigenvalue weighted by atomic mass is 10.1. The van der Waals surface area contributed by atoms with E-state index in [1.54, 1.807) is 12.1 Å². The van der Waals surface area contributed by atoms with Crippen molar-refractivity contribution in [1.82, 2.24) is 0 Å². The van der Waals surface area contributed by atoms with Crippen molar-refractivity contribution in [3.8, 4) is 0 Å². The van der Waals surface area contributed by atoms with Crippen molar-refractivity contribution in [3.63, 3.8) is 0 Å². The third-order valence-electron chi connectivity index (χ3n) is 2.04. The molecule has 0 spiro atoms. The van der Waals surface area contributed by atoms with Gasteiger partial charge in [-0.1, -0.05) is 12.1 Å². The van der Waals surface area contributed by atoms with Gasteiger partial charge in [-0.3, -0.25) is 0 Å². The van der Waals surface area contributed by atoms with E-state index in [1.165, 1.54) is 12.1 Å². The fourth-order valence-electron chi connectivity index (χ4n) is 1.35. The number of hydrogen-bond acceptors (Lipinski definition) is 2. The van der Waals surface area contributed by atoms with Crippen LogP contribution < -0.4 is 0 Å². The molecule has 1 aromatic rings. The third-order valence-corrected chi connectivity index (χ3v) is 2.04. The maximum absolute atomic E-state index is 12.6. The zero-order chi connectivity index (χ0) is 9.26. The summed E-state index contributed by atoms with van der Waals surface area (Å²) in [7, 11) is 0. The first-order valence-electron chi connectivity index (χ1n) is 4.18. The third kappa shape index (κ3) is 1.69. The number of rotatable bonds is 1. The summed E-state index contributed by atoms with van der Waals surface area (Å²) in [6.45, 7) is 2.39. The van der Waals surface area contributed by atoms with Gasteiger partial charge in [-0.15, -0.1) is 0 Å². The van der Waals surface area contributed by atoms with Gasteiger partial charge in [0.2, 0.25) is 0 Å². The number of aliphatic imine (C=N–C) groups is 1. The molecule has 0 aliphatic carbocycles. The maximum Gasteiger partial charge on any atom is 0.180 e. The van der Waals surface area contributed by atoms with E-state index >= 15 is 0 Å². The van der Waals surface area contributed by atoms with Crippen molar-refractivity contribution in [2.24, 2.45) is 4.99 Å². The molecule has 1 aromatic carbocycles. The Labute approximate surface area is 76.1 Å². The molecule has 0 radical (unpaired) electrons. The van der Waals surface area contributed by atoms with E-state index < -0.39 is 0 Å². The first-order chi connectivity index (χ1) is 6.25. The zero-order valence-corrected chi connectivity index (χ0v) is 7.33. The first kappa shape index (κ1) is 8.23.